The molecule has 0 aliphatic heterocycles. The molecule has 0 saturated heterocycles. The van der Waals surface area contributed by atoms with Gasteiger partial charge in [-0.3, -0.25) is 10.1 Å². The molecule has 0 fully saturated rings. The van der Waals surface area contributed by atoms with Gasteiger partial charge in [0.05, 0.1) is 10.5 Å². The highest BCUT2D eigenvalue weighted by Gasteiger charge is 2.16. The van der Waals surface area contributed by atoms with E-state index in [0.29, 0.717) is 17.2 Å². The van der Waals surface area contributed by atoms with Crippen molar-refractivity contribution in [3.63, 3.8) is 0 Å². The molecule has 62 valence electrons. The molecule has 0 N–H and O–H groups in total. The van der Waals surface area contributed by atoms with Crippen molar-refractivity contribution in [2.75, 3.05) is 0 Å². The molecule has 0 atom stereocenters. The monoisotopic (exact) mass is 184 g/mol. The van der Waals surface area contributed by atoms with Gasteiger partial charge in [-0.05, 0) is 6.07 Å². The maximum absolute atomic E-state index is 10.4. The second-order valence-corrected chi connectivity index (χ2v) is 2.67. The molecule has 0 spiro atoms. The first-order valence-electron chi connectivity index (χ1n) is 3.23. The van der Waals surface area contributed by atoms with Gasteiger partial charge in [0, 0.05) is 10.3 Å². The number of hydrogen-bond acceptors (Lipinski definition) is 3. The third kappa shape index (κ3) is 1.82. The molecule has 0 heterocycles. The van der Waals surface area contributed by atoms with Crippen molar-refractivity contribution in [2.45, 2.75) is 5.75 Å². The van der Waals surface area contributed by atoms with E-state index in [1.54, 1.807) is 18.2 Å². The molecule has 0 saturated carbocycles. The lowest BCUT2D eigenvalue weighted by atomic mass is 10.2. The molecule has 0 aromatic heterocycles. The Morgan fingerprint density at radius 2 is 2.08 bits per heavy atom. The number of para-hydroxylation sites is 1. The minimum absolute atomic E-state index is 0.0147. The van der Waals surface area contributed by atoms with Gasteiger partial charge in [-0.15, -0.1) is 0 Å². The molecule has 1 aromatic carbocycles. The zero-order valence-electron chi connectivity index (χ0n) is 6.10. The largest absolute Gasteiger partial charge is 0.464 e. The van der Waals surface area contributed by atoms with E-state index in [0.717, 1.165) is 0 Å². The predicted molar refractivity (Wildman–Crippen MR) is 44.9 cm³/mol. The van der Waals surface area contributed by atoms with Crippen molar-refractivity contribution in [2.24, 2.45) is 0 Å². The van der Waals surface area contributed by atoms with Crippen LogP contribution in [0.5, 0.6) is 0 Å². The summed E-state index contributed by atoms with van der Waals surface area (Å²) in [5.41, 5.74) is 0.489. The quantitative estimate of drug-likeness (QED) is 0.406. The van der Waals surface area contributed by atoms with E-state index in [4.69, 9.17) is 0 Å². The molecule has 5 heteroatoms. The maximum atomic E-state index is 10.4. The average Bonchev–Trinajstić information content (AvgIpc) is 2.05. The average molecular weight is 184 g/mol. The third-order valence-electron chi connectivity index (χ3n) is 1.40. The summed E-state index contributed by atoms with van der Waals surface area (Å²) in [6.45, 7) is 0. The fraction of sp³-hybridized carbons (Fsp3) is 0.143. The van der Waals surface area contributed by atoms with Gasteiger partial charge in [-0.2, -0.15) is 0 Å². The van der Waals surface area contributed by atoms with E-state index < -0.39 is 4.92 Å². The van der Waals surface area contributed by atoms with Crippen LogP contribution in [0, 0.1) is 10.1 Å². The highest BCUT2D eigenvalue weighted by atomic mass is 32.1. The summed E-state index contributed by atoms with van der Waals surface area (Å²) in [6, 6.07) is 6.24. The van der Waals surface area contributed by atoms with Crippen LogP contribution in [0.1, 0.15) is 5.56 Å². The molecule has 0 radical (unpaired) electrons. The van der Waals surface area contributed by atoms with Gasteiger partial charge < -0.3 is 0 Å². The molecule has 1 rings (SSSR count). The number of nitrogens with zero attached hydrogens (tertiary/aromatic N) is 1. The van der Waals surface area contributed by atoms with Crippen LogP contribution < -0.4 is 0 Å². The second kappa shape index (κ2) is 3.87. The summed E-state index contributed by atoms with van der Waals surface area (Å²) in [4.78, 5) is 9.91. The van der Waals surface area contributed by atoms with Crippen LogP contribution in [0.15, 0.2) is 24.3 Å². The van der Waals surface area contributed by atoms with E-state index >= 15 is 0 Å². The first-order chi connectivity index (χ1) is 5.75. The molecule has 0 bridgehead atoms. The van der Waals surface area contributed by atoms with Crippen molar-refractivity contribution in [3.05, 3.63) is 39.9 Å². The molecule has 0 unspecified atom stereocenters. The summed E-state index contributed by atoms with van der Waals surface area (Å²) >= 11 is 0.332. The van der Waals surface area contributed by atoms with Crippen LogP contribution in [0.4, 0.5) is 5.69 Å². The van der Waals surface area contributed by atoms with Gasteiger partial charge in [-0.1, -0.05) is 12.1 Å². The van der Waals surface area contributed by atoms with Gasteiger partial charge >= 0.3 is 11.7 Å². The molecule has 0 amide bonds. The van der Waals surface area contributed by atoms with Crippen LogP contribution in [0.3, 0.4) is 0 Å². The Balaban J connectivity index is 3.07. The van der Waals surface area contributed by atoms with Crippen LogP contribution in [0.25, 0.3) is 0 Å². The predicted octanol–water partition coefficient (Wildman–Crippen LogP) is 1.52. The third-order valence-corrected chi connectivity index (χ3v) is 1.83. The summed E-state index contributed by atoms with van der Waals surface area (Å²) in [6.07, 6.45) is 0. The van der Waals surface area contributed by atoms with Crippen LogP contribution in [0.2, 0.25) is 0 Å². The lowest BCUT2D eigenvalue weighted by Gasteiger charge is -1.92. The number of hydrogen-bond donors (Lipinski definition) is 0. The van der Waals surface area contributed by atoms with Crippen molar-refractivity contribution in [1.82, 2.24) is 0 Å². The lowest BCUT2D eigenvalue weighted by molar-refractivity contribution is -0.385. The maximum Gasteiger partial charge on any atom is 0.464 e. The van der Waals surface area contributed by atoms with Gasteiger partial charge in [0.2, 0.25) is 0 Å². The highest BCUT2D eigenvalue weighted by molar-refractivity contribution is 7.64. The van der Waals surface area contributed by atoms with E-state index in [9.17, 15) is 14.3 Å². The highest BCUT2D eigenvalue weighted by Crippen LogP contribution is 2.17. The lowest BCUT2D eigenvalue weighted by Crippen LogP contribution is -1.93. The van der Waals surface area contributed by atoms with Gasteiger partial charge in [0.15, 0.2) is 0 Å². The number of rotatable bonds is 3. The number of benzene rings is 1. The summed E-state index contributed by atoms with van der Waals surface area (Å²) in [7, 11) is 0. The Labute approximate surface area is 72.9 Å². The van der Waals surface area contributed by atoms with Crippen LogP contribution >= 0.6 is 0 Å². The molecule has 0 aliphatic rings. The second-order valence-electron chi connectivity index (χ2n) is 2.15. The molecular formula is C7H6NO3S+. The van der Waals surface area contributed by atoms with E-state index in [2.05, 4.69) is 0 Å². The van der Waals surface area contributed by atoms with Crippen molar-refractivity contribution in [3.8, 4) is 0 Å². The smallest absolute Gasteiger partial charge is 0.258 e. The molecule has 1 aromatic rings. The van der Waals surface area contributed by atoms with Crippen molar-refractivity contribution >= 4 is 17.4 Å². The zero-order valence-corrected chi connectivity index (χ0v) is 6.91. The number of nitro groups is 1. The number of nitro benzene ring substituents is 1. The van der Waals surface area contributed by atoms with Crippen LogP contribution in [-0.4, -0.2) is 4.92 Å². The Morgan fingerprint density at radius 1 is 1.42 bits per heavy atom. The van der Waals surface area contributed by atoms with E-state index in [1.165, 1.54) is 6.07 Å². The van der Waals surface area contributed by atoms with E-state index in [-0.39, 0.29) is 11.4 Å². The van der Waals surface area contributed by atoms with Crippen molar-refractivity contribution < 1.29 is 9.13 Å². The van der Waals surface area contributed by atoms with Crippen molar-refractivity contribution in [1.29, 1.82) is 0 Å². The van der Waals surface area contributed by atoms with Gasteiger partial charge in [0.1, 0.15) is 0 Å². The molecular weight excluding hydrogens is 178 g/mol. The zero-order chi connectivity index (χ0) is 8.97. The van der Waals surface area contributed by atoms with Gasteiger partial charge in [-0.25, -0.2) is 0 Å². The summed E-state index contributed by atoms with van der Waals surface area (Å²) in [5.74, 6) is 0.136. The minimum Gasteiger partial charge on any atom is -0.258 e. The van der Waals surface area contributed by atoms with Gasteiger partial charge in [0.25, 0.3) is 11.4 Å². The Morgan fingerprint density at radius 3 is 2.67 bits per heavy atom. The summed E-state index contributed by atoms with van der Waals surface area (Å²) in [5, 5.41) is 10.4. The fourth-order valence-electron chi connectivity index (χ4n) is 0.874. The fourth-order valence-corrected chi connectivity index (χ4v) is 1.25. The first kappa shape index (κ1) is 8.73. The minimum atomic E-state index is -0.481. The van der Waals surface area contributed by atoms with E-state index in [1.807, 2.05) is 0 Å². The molecule has 0 aliphatic carbocycles. The van der Waals surface area contributed by atoms with Crippen LogP contribution in [-0.2, 0) is 21.6 Å². The normalized spacial score (nSPS) is 9.33. The SMILES string of the molecule is O=[S+]Cc1ccccc1[N+](=O)[O-]. The topological polar surface area (TPSA) is 60.2 Å². The molecule has 12 heavy (non-hydrogen) atoms. The molecule has 4 nitrogen and oxygen atoms in total. The first-order valence-corrected chi connectivity index (χ1v) is 4.14. The summed E-state index contributed by atoms with van der Waals surface area (Å²) < 4.78 is 10.2. The Hall–Kier alpha value is -1.36. The Bertz CT molecular complexity index is 313. The Kier molecular flexibility index (Phi) is 2.82. The standard InChI is InChI=1S/C7H6NO3S/c9-8(10)7-4-2-1-3-6(7)5-12-11/h1-4H,5H2/q+1.